The zero-order chi connectivity index (χ0) is 56.0. The zero-order valence-electron chi connectivity index (χ0n) is 42.5. The maximum atomic E-state index is 12.1. The van der Waals surface area contributed by atoms with Crippen molar-refractivity contribution in [3.63, 3.8) is 0 Å². The molecule has 415 valence electrons. The summed E-state index contributed by atoms with van der Waals surface area (Å²) in [5.74, 6) is 2.06. The van der Waals surface area contributed by atoms with Gasteiger partial charge in [0.25, 0.3) is 30.4 Å². The van der Waals surface area contributed by atoms with Crippen LogP contribution in [-0.2, 0) is 63.9 Å². The fourth-order valence-corrected chi connectivity index (χ4v) is 14.6. The molecule has 3 unspecified atom stereocenters. The Balaban J connectivity index is 0.000000240. The first-order valence-electron chi connectivity index (χ1n) is 24.0. The van der Waals surface area contributed by atoms with E-state index in [-0.39, 0.29) is 48.4 Å². The van der Waals surface area contributed by atoms with Gasteiger partial charge in [-0.15, -0.1) is 0 Å². The first-order chi connectivity index (χ1) is 36.6. The Bertz CT molecular complexity index is 3990. The molecule has 2 aliphatic rings. The van der Waals surface area contributed by atoms with E-state index in [0.717, 1.165) is 67.9 Å². The van der Waals surface area contributed by atoms with Crippen LogP contribution in [0.25, 0.3) is 89.7 Å². The van der Waals surface area contributed by atoms with Crippen LogP contribution in [0.4, 0.5) is 0 Å². The van der Waals surface area contributed by atoms with Crippen LogP contribution in [0.1, 0.15) is 59.9 Å². The average Bonchev–Trinajstić information content (AvgIpc) is 4.20. The molecule has 8 aromatic rings. The van der Waals surface area contributed by atoms with E-state index in [1.54, 1.807) is 19.3 Å². The molecule has 4 aromatic heterocycles. The monoisotopic (exact) mass is 1210 g/mol. The van der Waals surface area contributed by atoms with Crippen LogP contribution in [0.2, 0.25) is 0 Å². The van der Waals surface area contributed by atoms with E-state index in [0.29, 0.717) is 52.0 Å². The Morgan fingerprint density at radius 3 is 1.46 bits per heavy atom. The molecule has 0 saturated heterocycles. The summed E-state index contributed by atoms with van der Waals surface area (Å²) in [7, 11) is -18.7. The molecule has 0 saturated carbocycles. The van der Waals surface area contributed by atoms with E-state index >= 15 is 0 Å². The average molecular weight is 1210 g/mol. The predicted octanol–water partition coefficient (Wildman–Crippen LogP) is 7.63. The minimum atomic E-state index is -4.84. The first-order valence-corrected chi connectivity index (χ1v) is 30.9. The van der Waals surface area contributed by atoms with Crippen LogP contribution in [0.15, 0.2) is 119 Å². The van der Waals surface area contributed by atoms with Crippen molar-refractivity contribution in [2.75, 3.05) is 6.54 Å². The predicted molar refractivity (Wildman–Crippen MR) is 296 cm³/mol. The number of primary sulfonamides is 1. The van der Waals surface area contributed by atoms with Crippen molar-refractivity contribution in [3.8, 4) is 45.6 Å². The van der Waals surface area contributed by atoms with Crippen molar-refractivity contribution in [1.29, 1.82) is 0 Å². The molecule has 3 atom stereocenters. The normalized spacial score (nSPS) is 13.2. The van der Waals surface area contributed by atoms with Gasteiger partial charge >= 0.3 is 17.1 Å². The Labute approximate surface area is 466 Å². The third-order valence-corrected chi connectivity index (χ3v) is 18.1. The summed E-state index contributed by atoms with van der Waals surface area (Å²) < 4.78 is 124. The third-order valence-electron chi connectivity index (χ3n) is 11.9. The Morgan fingerprint density at radius 1 is 0.577 bits per heavy atom. The van der Waals surface area contributed by atoms with Crippen molar-refractivity contribution < 1.29 is 64.4 Å². The minimum absolute atomic E-state index is 0. The van der Waals surface area contributed by atoms with Gasteiger partial charge in [0.15, 0.2) is 11.6 Å². The van der Waals surface area contributed by atoms with Crippen LogP contribution in [0, 0.1) is 0 Å². The molecule has 0 spiro atoms. The van der Waals surface area contributed by atoms with Crippen molar-refractivity contribution in [3.05, 3.63) is 115 Å². The molecule has 4 aromatic carbocycles. The van der Waals surface area contributed by atoms with Gasteiger partial charge in [0, 0.05) is 69.0 Å². The number of nitrogens with one attached hydrogen (secondary N) is 1. The summed E-state index contributed by atoms with van der Waals surface area (Å²) in [6.45, 7) is 10.9. The maximum absolute atomic E-state index is 12.1. The molecule has 0 amide bonds. The third kappa shape index (κ3) is 13.3. The number of pyridine rings is 1. The molecule has 8 bridgehead atoms. The molecular weight excluding hydrogens is 1150 g/mol. The summed E-state index contributed by atoms with van der Waals surface area (Å²) in [5, 5.41) is 4.56. The van der Waals surface area contributed by atoms with Gasteiger partial charge in [0.05, 0.1) is 21.4 Å². The fraction of sp³-hybridized carbons (Fsp3) is 0.260. The first kappa shape index (κ1) is 61.1. The summed E-state index contributed by atoms with van der Waals surface area (Å²) in [5.41, 5.74) is 5.52. The number of sulfonamides is 1. The number of hydrogen-bond acceptors (Lipinski definition) is 17. The van der Waals surface area contributed by atoms with Gasteiger partial charge < -0.3 is 24.9 Å². The molecule has 22 nitrogen and oxygen atoms in total. The number of nitrogens with zero attached hydrogens (tertiary/aromatic N) is 9. The molecule has 0 fully saturated rings. The summed E-state index contributed by atoms with van der Waals surface area (Å²) in [4.78, 5) is 41.9. The minimum Gasteiger partial charge on any atom is -0.357 e. The molecule has 1 radical (unpaired) electrons. The van der Waals surface area contributed by atoms with Gasteiger partial charge in [0.1, 0.15) is 10.5 Å². The number of nitrogens with two attached hydrogens (primary N) is 1. The molecular formula is C50H53CuN11O11S5. The van der Waals surface area contributed by atoms with Gasteiger partial charge in [-0.05, 0) is 64.6 Å². The van der Waals surface area contributed by atoms with E-state index < -0.39 is 65.9 Å². The Hall–Kier alpha value is -6.14. The van der Waals surface area contributed by atoms with E-state index in [4.69, 9.17) is 49.6 Å². The molecule has 6 heterocycles. The smallest absolute Gasteiger partial charge is 0.357 e. The second-order valence-corrected chi connectivity index (χ2v) is 23.8. The second kappa shape index (κ2) is 25.3. The number of aromatic nitrogens is 9. The van der Waals surface area contributed by atoms with Crippen molar-refractivity contribution in [1.82, 2.24) is 49.6 Å². The van der Waals surface area contributed by atoms with Crippen LogP contribution < -0.4 is 19.8 Å². The molecule has 28 heteroatoms. The van der Waals surface area contributed by atoms with E-state index in [2.05, 4.69) is 9.71 Å². The quantitative estimate of drug-likeness (QED) is 0.0320. The SMILES string of the molecule is CC.CC.CCC(SNCCc1ccc(S(=O)(=O)O)cc1S(=O)(=O)O)C(C(CC)S(=O)(=O)O)S(N)(=O)=O.[Cu+2].c1ccc2c(c1)-c1nc3nc(nc4[n-]c(nc5[n-]c(nc-2n1)c1ccccc51)c1ccccc41)-c1ccncc1-3. The molecule has 0 aliphatic carbocycles. The second-order valence-electron chi connectivity index (χ2n) is 16.5. The summed E-state index contributed by atoms with van der Waals surface area (Å²) >= 11 is 0.824. The number of benzene rings is 4. The summed E-state index contributed by atoms with van der Waals surface area (Å²) in [6, 6.07) is 28.3. The summed E-state index contributed by atoms with van der Waals surface area (Å²) in [6.07, 6.45) is 3.32. The van der Waals surface area contributed by atoms with Crippen molar-refractivity contribution >= 4 is 96.5 Å². The Morgan fingerprint density at radius 2 is 1.03 bits per heavy atom. The number of rotatable bonds is 13. The van der Waals surface area contributed by atoms with E-state index in [1.165, 1.54) is 6.92 Å². The van der Waals surface area contributed by atoms with Crippen LogP contribution in [0.5, 0.6) is 0 Å². The maximum Gasteiger partial charge on any atom is 2.00 e. The van der Waals surface area contributed by atoms with Gasteiger partial charge in [-0.2, -0.15) is 25.3 Å². The molecule has 2 aliphatic heterocycles. The van der Waals surface area contributed by atoms with E-state index in [1.807, 2.05) is 107 Å². The Kier molecular flexibility index (Phi) is 19.8. The van der Waals surface area contributed by atoms with Gasteiger partial charge in [-0.1, -0.05) is 132 Å². The van der Waals surface area contributed by atoms with Gasteiger partial charge in [0.2, 0.25) is 10.0 Å². The molecule has 10 rings (SSSR count). The van der Waals surface area contributed by atoms with Crippen LogP contribution >= 0.6 is 11.9 Å². The molecule has 78 heavy (non-hydrogen) atoms. The van der Waals surface area contributed by atoms with Gasteiger partial charge in [-0.25, -0.2) is 28.5 Å². The number of hydrogen-bond donors (Lipinski definition) is 5. The fourth-order valence-electron chi connectivity index (χ4n) is 8.50. The standard InChI is InChI=1S/C31H15N9.C15H26N2O11S5.2C2H6.Cu/c1-2-8-17-16(7-1)24-33-25(17)35-27-20-11-5-6-12-21(20)29(37-27)39-31-23-15-32-14-13-22(23)30(40-31)38-28-19-10-4-3-9-18(19)26(34-24)36-28;1-3-12(15(30(16,18)19)13(4-2)32(23,24)25)29-17-8-7-10-5-6-11(31(20,21)22)9-14(10)33(26,27)28;2*1-2;/h1-15H;5-6,9,12-13,15,17H,3-4,7-8H2,1-2H3,(H2,16,18,19)(H,20,21,22)(H,23,24,25)(H,26,27,28);2*1-2H3;/q-2;;;;+2. The largest absolute Gasteiger partial charge is 2.00 e. The number of fused-ring (bicyclic) bond motifs is 20. The van der Waals surface area contributed by atoms with Crippen LogP contribution in [-0.4, -0.2) is 105 Å². The topological polar surface area (TPSA) is 354 Å². The van der Waals surface area contributed by atoms with Crippen molar-refractivity contribution in [2.45, 2.75) is 86.3 Å². The van der Waals surface area contributed by atoms with Crippen molar-refractivity contribution in [2.24, 2.45) is 5.14 Å². The zero-order valence-corrected chi connectivity index (χ0v) is 47.5. The van der Waals surface area contributed by atoms with Gasteiger partial charge in [-0.3, -0.25) is 23.4 Å². The van der Waals surface area contributed by atoms with Crippen LogP contribution in [0.3, 0.4) is 0 Å². The van der Waals surface area contributed by atoms with E-state index in [9.17, 15) is 42.8 Å². The molecule has 6 N–H and O–H groups in total.